The Morgan fingerprint density at radius 1 is 1.22 bits per heavy atom. The van der Waals surface area contributed by atoms with Crippen LogP contribution in [0.3, 0.4) is 0 Å². The monoisotopic (exact) mass is 313 g/mol. The lowest BCUT2D eigenvalue weighted by Gasteiger charge is -2.04. The molecule has 2 aromatic carbocycles. The van der Waals surface area contributed by atoms with Gasteiger partial charge in [0.15, 0.2) is 11.5 Å². The van der Waals surface area contributed by atoms with Crippen molar-refractivity contribution in [2.75, 3.05) is 6.79 Å². The normalized spacial score (nSPS) is 12.6. The Labute approximate surface area is 133 Å². The number of halogens is 1. The molecule has 0 spiro atoms. The van der Waals surface area contributed by atoms with E-state index in [9.17, 15) is 9.18 Å². The van der Waals surface area contributed by atoms with Crippen molar-refractivity contribution in [2.24, 2.45) is 0 Å². The Morgan fingerprint density at radius 3 is 2.87 bits per heavy atom. The van der Waals surface area contributed by atoms with E-state index in [1.165, 1.54) is 12.1 Å². The van der Waals surface area contributed by atoms with E-state index in [1.807, 2.05) is 12.1 Å². The fourth-order valence-electron chi connectivity index (χ4n) is 2.18. The summed E-state index contributed by atoms with van der Waals surface area (Å²) in [4.78, 5) is 11.8. The van der Waals surface area contributed by atoms with Crippen LogP contribution in [0.15, 0.2) is 42.5 Å². The first-order valence-corrected chi connectivity index (χ1v) is 7.22. The largest absolute Gasteiger partial charge is 0.454 e. The van der Waals surface area contributed by atoms with Crippen molar-refractivity contribution in [1.29, 1.82) is 0 Å². The Hall–Kier alpha value is -2.82. The van der Waals surface area contributed by atoms with Crippen LogP contribution in [0.25, 0.3) is 6.08 Å². The third-order valence-corrected chi connectivity index (χ3v) is 3.53. The van der Waals surface area contributed by atoms with E-state index in [1.54, 1.807) is 31.2 Å². The smallest absolute Gasteiger partial charge is 0.244 e. The van der Waals surface area contributed by atoms with Crippen LogP contribution in [0.5, 0.6) is 11.5 Å². The Balaban J connectivity index is 1.57. The van der Waals surface area contributed by atoms with E-state index in [-0.39, 0.29) is 25.1 Å². The lowest BCUT2D eigenvalue weighted by atomic mass is 10.1. The topological polar surface area (TPSA) is 47.6 Å². The lowest BCUT2D eigenvalue weighted by molar-refractivity contribution is -0.116. The lowest BCUT2D eigenvalue weighted by Crippen LogP contribution is -2.20. The van der Waals surface area contributed by atoms with Gasteiger partial charge in [-0.25, -0.2) is 4.39 Å². The summed E-state index contributed by atoms with van der Waals surface area (Å²) >= 11 is 0. The van der Waals surface area contributed by atoms with Gasteiger partial charge in [0.2, 0.25) is 12.7 Å². The number of hydrogen-bond donors (Lipinski definition) is 1. The van der Waals surface area contributed by atoms with Gasteiger partial charge in [-0.2, -0.15) is 0 Å². The van der Waals surface area contributed by atoms with Gasteiger partial charge in [0, 0.05) is 12.6 Å². The average Bonchev–Trinajstić information content (AvgIpc) is 3.01. The molecule has 0 aromatic heterocycles. The molecule has 1 aliphatic heterocycles. The van der Waals surface area contributed by atoms with Gasteiger partial charge in [0.05, 0.1) is 0 Å². The van der Waals surface area contributed by atoms with Crippen LogP contribution in [0.1, 0.15) is 16.7 Å². The number of fused-ring (bicyclic) bond motifs is 1. The summed E-state index contributed by atoms with van der Waals surface area (Å²) in [5.41, 5.74) is 2.14. The minimum atomic E-state index is -0.271. The number of carbonyl (C=O) groups excluding carboxylic acids is 1. The van der Waals surface area contributed by atoms with Gasteiger partial charge in [0.25, 0.3) is 0 Å². The number of amides is 1. The molecular weight excluding hydrogens is 297 g/mol. The van der Waals surface area contributed by atoms with Crippen LogP contribution in [-0.2, 0) is 11.3 Å². The summed E-state index contributed by atoms with van der Waals surface area (Å²) < 4.78 is 23.9. The van der Waals surface area contributed by atoms with E-state index in [0.717, 1.165) is 11.1 Å². The summed E-state index contributed by atoms with van der Waals surface area (Å²) in [6.07, 6.45) is 3.12. The molecule has 5 heteroatoms. The zero-order valence-corrected chi connectivity index (χ0v) is 12.6. The van der Waals surface area contributed by atoms with Crippen molar-refractivity contribution < 1.29 is 18.7 Å². The van der Waals surface area contributed by atoms with E-state index >= 15 is 0 Å². The predicted octanol–water partition coefficient (Wildman–Crippen LogP) is 3.19. The maximum atomic E-state index is 13.4. The van der Waals surface area contributed by atoms with Gasteiger partial charge in [-0.3, -0.25) is 4.79 Å². The molecule has 0 saturated heterocycles. The second-order valence-electron chi connectivity index (χ2n) is 5.25. The first-order valence-electron chi connectivity index (χ1n) is 7.22. The molecule has 0 aliphatic carbocycles. The molecule has 2 aromatic rings. The van der Waals surface area contributed by atoms with Crippen LogP contribution >= 0.6 is 0 Å². The van der Waals surface area contributed by atoms with Crippen molar-refractivity contribution >= 4 is 12.0 Å². The Morgan fingerprint density at radius 2 is 2.04 bits per heavy atom. The number of hydrogen-bond acceptors (Lipinski definition) is 3. The third kappa shape index (κ3) is 3.69. The highest BCUT2D eigenvalue weighted by Gasteiger charge is 2.12. The molecule has 0 unspecified atom stereocenters. The maximum Gasteiger partial charge on any atom is 0.244 e. The second-order valence-corrected chi connectivity index (χ2v) is 5.25. The molecule has 0 radical (unpaired) electrons. The molecule has 1 aliphatic rings. The van der Waals surface area contributed by atoms with Crippen molar-refractivity contribution in [3.63, 3.8) is 0 Å². The van der Waals surface area contributed by atoms with Crippen molar-refractivity contribution in [3.05, 3.63) is 65.0 Å². The third-order valence-electron chi connectivity index (χ3n) is 3.53. The molecule has 0 bridgehead atoms. The second kappa shape index (κ2) is 6.52. The molecule has 1 amide bonds. The molecule has 1 heterocycles. The number of nitrogens with one attached hydrogen (secondary N) is 1. The standard InChI is InChI=1S/C18H16FNO3/c1-12-2-3-14(8-15(12)19)10-20-18(21)7-5-13-4-6-16-17(9-13)23-11-22-16/h2-9H,10-11H2,1H3,(H,20,21)/b7-5+. The van der Waals surface area contributed by atoms with Crippen LogP contribution in [0.2, 0.25) is 0 Å². The zero-order chi connectivity index (χ0) is 16.2. The van der Waals surface area contributed by atoms with E-state index in [2.05, 4.69) is 5.32 Å². The average molecular weight is 313 g/mol. The summed E-state index contributed by atoms with van der Waals surface area (Å²) in [6, 6.07) is 10.4. The van der Waals surface area contributed by atoms with E-state index in [4.69, 9.17) is 9.47 Å². The number of benzene rings is 2. The van der Waals surface area contributed by atoms with Crippen LogP contribution < -0.4 is 14.8 Å². The molecular formula is C18H16FNO3. The van der Waals surface area contributed by atoms with Gasteiger partial charge in [0.1, 0.15) is 5.82 Å². The molecule has 4 nitrogen and oxygen atoms in total. The number of carbonyl (C=O) groups is 1. The molecule has 118 valence electrons. The van der Waals surface area contributed by atoms with Crippen molar-refractivity contribution in [1.82, 2.24) is 5.32 Å². The molecule has 0 fully saturated rings. The van der Waals surface area contributed by atoms with Gasteiger partial charge in [-0.1, -0.05) is 18.2 Å². The fourth-order valence-corrected chi connectivity index (χ4v) is 2.18. The molecule has 23 heavy (non-hydrogen) atoms. The molecule has 0 atom stereocenters. The van der Waals surface area contributed by atoms with Gasteiger partial charge in [-0.05, 0) is 47.9 Å². The molecule has 1 N–H and O–H groups in total. The van der Waals surface area contributed by atoms with Crippen molar-refractivity contribution in [3.8, 4) is 11.5 Å². The quantitative estimate of drug-likeness (QED) is 0.882. The first kappa shape index (κ1) is 15.1. The van der Waals surface area contributed by atoms with Crippen LogP contribution in [-0.4, -0.2) is 12.7 Å². The van der Waals surface area contributed by atoms with Gasteiger partial charge < -0.3 is 14.8 Å². The van der Waals surface area contributed by atoms with Crippen molar-refractivity contribution in [2.45, 2.75) is 13.5 Å². The SMILES string of the molecule is Cc1ccc(CNC(=O)/C=C/c2ccc3c(c2)OCO3)cc1F. The van der Waals surface area contributed by atoms with Gasteiger partial charge >= 0.3 is 0 Å². The van der Waals surface area contributed by atoms with Crippen LogP contribution in [0.4, 0.5) is 4.39 Å². The fraction of sp³-hybridized carbons (Fsp3) is 0.167. The number of aryl methyl sites for hydroxylation is 1. The minimum absolute atomic E-state index is 0.218. The first-order chi connectivity index (χ1) is 11.1. The maximum absolute atomic E-state index is 13.4. The Kier molecular flexibility index (Phi) is 4.28. The number of ether oxygens (including phenoxy) is 2. The predicted molar refractivity (Wildman–Crippen MR) is 84.6 cm³/mol. The molecule has 0 saturated carbocycles. The van der Waals surface area contributed by atoms with Crippen LogP contribution in [0, 0.1) is 12.7 Å². The summed E-state index contributed by atoms with van der Waals surface area (Å²) in [5, 5.41) is 2.72. The molecule has 3 rings (SSSR count). The number of rotatable bonds is 4. The Bertz CT molecular complexity index is 771. The summed E-state index contributed by atoms with van der Waals surface area (Å²) in [5.74, 6) is 0.854. The highest BCUT2D eigenvalue weighted by Crippen LogP contribution is 2.32. The zero-order valence-electron chi connectivity index (χ0n) is 12.6. The summed E-state index contributed by atoms with van der Waals surface area (Å²) in [6.45, 7) is 2.20. The van der Waals surface area contributed by atoms with Gasteiger partial charge in [-0.15, -0.1) is 0 Å². The minimum Gasteiger partial charge on any atom is -0.454 e. The highest BCUT2D eigenvalue weighted by molar-refractivity contribution is 5.91. The van der Waals surface area contributed by atoms with E-state index in [0.29, 0.717) is 17.1 Å². The highest BCUT2D eigenvalue weighted by atomic mass is 19.1. The summed E-state index contributed by atoms with van der Waals surface area (Å²) in [7, 11) is 0. The van der Waals surface area contributed by atoms with E-state index < -0.39 is 0 Å².